The maximum atomic E-state index is 11.3. The molecule has 1 aromatic carbocycles. The van der Waals surface area contributed by atoms with Crippen LogP contribution in [0.25, 0.3) is 0 Å². The summed E-state index contributed by atoms with van der Waals surface area (Å²) in [4.78, 5) is 23.6. The number of carbonyl (C=O) groups excluding carboxylic acids is 1. The van der Waals surface area contributed by atoms with Crippen LogP contribution in [0, 0.1) is 10.1 Å². The van der Waals surface area contributed by atoms with Gasteiger partial charge in [0.2, 0.25) is 0 Å². The molecule has 0 atom stereocenters. The summed E-state index contributed by atoms with van der Waals surface area (Å²) in [6, 6.07) is 4.92. The SMILES string of the molecule is CCOC(=O)CCN(C)Cc1cccc([N+](=O)[O-])c1Br. The highest BCUT2D eigenvalue weighted by molar-refractivity contribution is 9.10. The zero-order valence-electron chi connectivity index (χ0n) is 11.5. The highest BCUT2D eigenvalue weighted by atomic mass is 79.9. The zero-order chi connectivity index (χ0) is 15.1. The van der Waals surface area contributed by atoms with Crippen molar-refractivity contribution in [3.8, 4) is 0 Å². The fourth-order valence-corrected chi connectivity index (χ4v) is 2.25. The molecule has 0 N–H and O–H groups in total. The lowest BCUT2D eigenvalue weighted by Crippen LogP contribution is -2.22. The summed E-state index contributed by atoms with van der Waals surface area (Å²) >= 11 is 3.26. The van der Waals surface area contributed by atoms with Gasteiger partial charge in [-0.3, -0.25) is 14.9 Å². The van der Waals surface area contributed by atoms with Gasteiger partial charge in [-0.05, 0) is 35.5 Å². The number of ether oxygens (including phenoxy) is 1. The Morgan fingerprint density at radius 3 is 2.80 bits per heavy atom. The number of carbonyl (C=O) groups is 1. The number of nitro groups is 1. The Bertz CT molecular complexity index is 493. The Balaban J connectivity index is 2.62. The molecule has 1 rings (SSSR count). The lowest BCUT2D eigenvalue weighted by molar-refractivity contribution is -0.385. The first-order chi connectivity index (χ1) is 9.45. The van der Waals surface area contributed by atoms with Crippen LogP contribution in [0.3, 0.4) is 0 Å². The lowest BCUT2D eigenvalue weighted by Gasteiger charge is -2.17. The van der Waals surface area contributed by atoms with Gasteiger partial charge in [-0.1, -0.05) is 12.1 Å². The van der Waals surface area contributed by atoms with Crippen LogP contribution in [-0.4, -0.2) is 36.0 Å². The summed E-state index contributed by atoms with van der Waals surface area (Å²) in [5, 5.41) is 10.8. The minimum atomic E-state index is -0.424. The van der Waals surface area contributed by atoms with Crippen molar-refractivity contribution >= 4 is 27.6 Å². The van der Waals surface area contributed by atoms with E-state index in [1.54, 1.807) is 13.0 Å². The fourth-order valence-electron chi connectivity index (χ4n) is 1.71. The van der Waals surface area contributed by atoms with E-state index >= 15 is 0 Å². The van der Waals surface area contributed by atoms with Crippen molar-refractivity contribution in [1.82, 2.24) is 4.90 Å². The van der Waals surface area contributed by atoms with E-state index in [9.17, 15) is 14.9 Å². The van der Waals surface area contributed by atoms with Crippen molar-refractivity contribution in [1.29, 1.82) is 0 Å². The molecule has 0 saturated carbocycles. The van der Waals surface area contributed by atoms with Gasteiger partial charge in [0.25, 0.3) is 5.69 Å². The predicted octanol–water partition coefficient (Wildman–Crippen LogP) is 2.74. The van der Waals surface area contributed by atoms with Crippen LogP contribution >= 0.6 is 15.9 Å². The smallest absolute Gasteiger partial charge is 0.307 e. The van der Waals surface area contributed by atoms with Gasteiger partial charge in [0.05, 0.1) is 22.4 Å². The molecule has 7 heteroatoms. The normalized spacial score (nSPS) is 10.6. The summed E-state index contributed by atoms with van der Waals surface area (Å²) < 4.78 is 5.33. The van der Waals surface area contributed by atoms with Crippen molar-refractivity contribution < 1.29 is 14.5 Å². The van der Waals surface area contributed by atoms with E-state index < -0.39 is 4.92 Å². The summed E-state index contributed by atoms with van der Waals surface area (Å²) in [5.41, 5.74) is 0.854. The molecule has 0 aliphatic heterocycles. The number of halogens is 1. The number of rotatable bonds is 7. The highest BCUT2D eigenvalue weighted by Crippen LogP contribution is 2.28. The van der Waals surface area contributed by atoms with E-state index in [0.717, 1.165) is 5.56 Å². The van der Waals surface area contributed by atoms with E-state index in [1.807, 2.05) is 18.0 Å². The Hall–Kier alpha value is -1.47. The van der Waals surface area contributed by atoms with Crippen molar-refractivity contribution in [3.63, 3.8) is 0 Å². The van der Waals surface area contributed by atoms with Gasteiger partial charge in [-0.2, -0.15) is 0 Å². The Labute approximate surface area is 126 Å². The van der Waals surface area contributed by atoms with Crippen molar-refractivity contribution in [3.05, 3.63) is 38.3 Å². The van der Waals surface area contributed by atoms with Crippen molar-refractivity contribution in [2.75, 3.05) is 20.2 Å². The molecular weight excluding hydrogens is 328 g/mol. The molecule has 0 aromatic heterocycles. The topological polar surface area (TPSA) is 72.7 Å². The predicted molar refractivity (Wildman–Crippen MR) is 78.4 cm³/mol. The number of esters is 1. The van der Waals surface area contributed by atoms with Crippen molar-refractivity contribution in [2.24, 2.45) is 0 Å². The van der Waals surface area contributed by atoms with Crippen molar-refractivity contribution in [2.45, 2.75) is 19.9 Å². The molecule has 1 aromatic rings. The van der Waals surface area contributed by atoms with Gasteiger partial charge in [0.15, 0.2) is 0 Å². The second-order valence-corrected chi connectivity index (χ2v) is 5.09. The van der Waals surface area contributed by atoms with E-state index in [0.29, 0.717) is 30.6 Å². The average molecular weight is 345 g/mol. The third-order valence-corrected chi connectivity index (χ3v) is 3.61. The Morgan fingerprint density at radius 2 is 2.20 bits per heavy atom. The van der Waals surface area contributed by atoms with E-state index in [2.05, 4.69) is 15.9 Å². The fraction of sp³-hybridized carbons (Fsp3) is 0.462. The molecule has 20 heavy (non-hydrogen) atoms. The van der Waals surface area contributed by atoms with Crippen LogP contribution in [0.2, 0.25) is 0 Å². The molecule has 0 saturated heterocycles. The summed E-state index contributed by atoms with van der Waals surface area (Å²) in [6.07, 6.45) is 0.302. The van der Waals surface area contributed by atoms with Gasteiger partial charge in [-0.15, -0.1) is 0 Å². The first-order valence-corrected chi connectivity index (χ1v) is 7.01. The average Bonchev–Trinajstić information content (AvgIpc) is 2.39. The molecule has 0 aliphatic rings. The summed E-state index contributed by atoms with van der Waals surface area (Å²) in [6.45, 7) is 3.19. The molecule has 6 nitrogen and oxygen atoms in total. The second-order valence-electron chi connectivity index (χ2n) is 4.30. The quantitative estimate of drug-likeness (QED) is 0.432. The molecule has 0 bridgehead atoms. The maximum absolute atomic E-state index is 11.3. The van der Waals surface area contributed by atoms with Gasteiger partial charge >= 0.3 is 5.97 Å². The molecule has 0 spiro atoms. The molecule has 0 fully saturated rings. The standard InChI is InChI=1S/C13H17BrN2O4/c1-3-20-12(17)7-8-15(2)9-10-5-4-6-11(13(10)14)16(18)19/h4-6H,3,7-9H2,1-2H3. The number of benzene rings is 1. The molecule has 0 amide bonds. The number of hydrogen-bond donors (Lipinski definition) is 0. The maximum Gasteiger partial charge on any atom is 0.307 e. The van der Waals surface area contributed by atoms with E-state index in [4.69, 9.17) is 4.74 Å². The molecule has 0 aliphatic carbocycles. The van der Waals surface area contributed by atoms with Crippen LogP contribution in [-0.2, 0) is 16.1 Å². The second kappa shape index (κ2) is 7.96. The monoisotopic (exact) mass is 344 g/mol. The number of nitro benzene ring substituents is 1. The summed E-state index contributed by atoms with van der Waals surface area (Å²) in [5.74, 6) is -0.238. The third kappa shape index (κ3) is 4.90. The lowest BCUT2D eigenvalue weighted by atomic mass is 10.2. The first kappa shape index (κ1) is 16.6. The largest absolute Gasteiger partial charge is 0.466 e. The molecule has 0 unspecified atom stereocenters. The molecule has 110 valence electrons. The van der Waals surface area contributed by atoms with Crippen LogP contribution in [0.1, 0.15) is 18.9 Å². The van der Waals surface area contributed by atoms with Crippen LogP contribution in [0.5, 0.6) is 0 Å². The number of nitrogens with zero attached hydrogens (tertiary/aromatic N) is 2. The van der Waals surface area contributed by atoms with Gasteiger partial charge in [0.1, 0.15) is 0 Å². The Kier molecular flexibility index (Phi) is 6.60. The van der Waals surface area contributed by atoms with Gasteiger partial charge in [-0.25, -0.2) is 0 Å². The van der Waals surface area contributed by atoms with Crippen LogP contribution in [0.4, 0.5) is 5.69 Å². The zero-order valence-corrected chi connectivity index (χ0v) is 13.1. The first-order valence-electron chi connectivity index (χ1n) is 6.21. The van der Waals surface area contributed by atoms with Crippen LogP contribution in [0.15, 0.2) is 22.7 Å². The molecule has 0 heterocycles. The van der Waals surface area contributed by atoms with Crippen LogP contribution < -0.4 is 0 Å². The number of hydrogen-bond acceptors (Lipinski definition) is 5. The molecular formula is C13H17BrN2O4. The van der Waals surface area contributed by atoms with E-state index in [-0.39, 0.29) is 11.7 Å². The van der Waals surface area contributed by atoms with Gasteiger partial charge < -0.3 is 9.64 Å². The minimum absolute atomic E-state index is 0.0429. The van der Waals surface area contributed by atoms with Gasteiger partial charge in [0, 0.05) is 19.2 Å². The third-order valence-electron chi connectivity index (χ3n) is 2.70. The minimum Gasteiger partial charge on any atom is -0.466 e. The highest BCUT2D eigenvalue weighted by Gasteiger charge is 2.16. The summed E-state index contributed by atoms with van der Waals surface area (Å²) in [7, 11) is 1.85. The Morgan fingerprint density at radius 1 is 1.50 bits per heavy atom. The van der Waals surface area contributed by atoms with E-state index in [1.165, 1.54) is 6.07 Å². The molecule has 0 radical (unpaired) electrons.